The van der Waals surface area contributed by atoms with E-state index in [9.17, 15) is 23.1 Å². The first-order valence-electron chi connectivity index (χ1n) is 9.94. The number of hydrogen-bond acceptors (Lipinski definition) is 4. The maximum atomic E-state index is 13.2. The third-order valence-electron chi connectivity index (χ3n) is 5.05. The average molecular weight is 452 g/mol. The molecule has 0 aliphatic carbocycles. The Hall–Kier alpha value is -4.14. The molecular formula is C24H19F3N4O2. The third-order valence-corrected chi connectivity index (χ3v) is 5.05. The van der Waals surface area contributed by atoms with Crippen molar-refractivity contribution in [3.05, 3.63) is 89.1 Å². The molecule has 0 bridgehead atoms. The van der Waals surface area contributed by atoms with Crippen LogP contribution in [0.15, 0.2) is 66.9 Å². The lowest BCUT2D eigenvalue weighted by atomic mass is 10.1. The smallest absolute Gasteiger partial charge is 0.416 e. The van der Waals surface area contributed by atoms with Crippen LogP contribution in [0.1, 0.15) is 27.0 Å². The summed E-state index contributed by atoms with van der Waals surface area (Å²) in [4.78, 5) is 16.1. The fourth-order valence-electron chi connectivity index (χ4n) is 3.41. The van der Waals surface area contributed by atoms with E-state index in [1.165, 1.54) is 22.9 Å². The summed E-state index contributed by atoms with van der Waals surface area (Å²) in [7, 11) is 0. The van der Waals surface area contributed by atoms with Gasteiger partial charge in [-0.3, -0.25) is 0 Å². The lowest BCUT2D eigenvalue weighted by Gasteiger charge is -2.13. The minimum atomic E-state index is -4.49. The Morgan fingerprint density at radius 1 is 1.03 bits per heavy atom. The van der Waals surface area contributed by atoms with E-state index in [1.807, 2.05) is 13.0 Å². The van der Waals surface area contributed by atoms with Gasteiger partial charge in [-0.2, -0.15) is 23.0 Å². The van der Waals surface area contributed by atoms with Crippen LogP contribution in [0.25, 0.3) is 17.1 Å². The average Bonchev–Trinajstić information content (AvgIpc) is 3.18. The number of nitrogens with zero attached hydrogens (tertiary/aromatic N) is 3. The quantitative estimate of drug-likeness (QED) is 0.388. The van der Waals surface area contributed by atoms with E-state index in [0.29, 0.717) is 17.3 Å². The highest BCUT2D eigenvalue weighted by Crippen LogP contribution is 2.34. The number of carboxylic acid groups (broad SMARTS) is 1. The van der Waals surface area contributed by atoms with Gasteiger partial charge in [0.25, 0.3) is 0 Å². The van der Waals surface area contributed by atoms with Crippen LogP contribution in [0.5, 0.6) is 0 Å². The molecule has 2 N–H and O–H groups in total. The topological polar surface area (TPSA) is 80.0 Å². The largest absolute Gasteiger partial charge is 0.478 e. The van der Waals surface area contributed by atoms with Gasteiger partial charge >= 0.3 is 12.1 Å². The highest BCUT2D eigenvalue weighted by Gasteiger charge is 2.30. The summed E-state index contributed by atoms with van der Waals surface area (Å²) in [6, 6.07) is 14.9. The molecule has 2 aromatic heterocycles. The van der Waals surface area contributed by atoms with E-state index in [2.05, 4.69) is 15.4 Å². The number of nitrogens with one attached hydrogen (secondary N) is 1. The number of halogens is 3. The predicted molar refractivity (Wildman–Crippen MR) is 118 cm³/mol. The van der Waals surface area contributed by atoms with Crippen molar-refractivity contribution in [2.24, 2.45) is 0 Å². The Bertz CT molecular complexity index is 1350. The molecule has 0 fully saturated rings. The van der Waals surface area contributed by atoms with Crippen LogP contribution in [0.3, 0.4) is 0 Å². The van der Waals surface area contributed by atoms with Crippen molar-refractivity contribution in [2.75, 3.05) is 5.32 Å². The third kappa shape index (κ3) is 4.57. The number of carbonyl (C=O) groups is 1. The maximum absolute atomic E-state index is 13.2. The number of pyridine rings is 1. The van der Waals surface area contributed by atoms with Gasteiger partial charge in [0.05, 0.1) is 22.5 Å². The Balaban J connectivity index is 1.86. The van der Waals surface area contributed by atoms with Crippen LogP contribution in [0.4, 0.5) is 24.7 Å². The minimum Gasteiger partial charge on any atom is -0.478 e. The molecule has 4 aromatic rings. The normalized spacial score (nSPS) is 11.4. The van der Waals surface area contributed by atoms with Crippen molar-refractivity contribution in [1.29, 1.82) is 0 Å². The van der Waals surface area contributed by atoms with E-state index < -0.39 is 17.7 Å². The molecule has 0 spiro atoms. The van der Waals surface area contributed by atoms with Crippen molar-refractivity contribution in [3.8, 4) is 17.1 Å². The SMILES string of the molecule is Cc1ccc(Nc2cc(-c3cccc(C(F)(F)F)c3)nn2-c2ncccc2C)c(C(=O)O)c1. The lowest BCUT2D eigenvalue weighted by molar-refractivity contribution is -0.137. The molecule has 0 amide bonds. The second-order valence-corrected chi connectivity index (χ2v) is 7.53. The number of rotatable bonds is 5. The van der Waals surface area contributed by atoms with E-state index in [1.54, 1.807) is 37.4 Å². The van der Waals surface area contributed by atoms with Gasteiger partial charge in [-0.05, 0) is 49.7 Å². The zero-order valence-corrected chi connectivity index (χ0v) is 17.7. The Morgan fingerprint density at radius 3 is 2.52 bits per heavy atom. The minimum absolute atomic E-state index is 0.0566. The fraction of sp³-hybridized carbons (Fsp3) is 0.125. The Kier molecular flexibility index (Phi) is 5.63. The number of benzene rings is 2. The van der Waals surface area contributed by atoms with Crippen molar-refractivity contribution < 1.29 is 23.1 Å². The van der Waals surface area contributed by atoms with Crippen LogP contribution < -0.4 is 5.32 Å². The van der Waals surface area contributed by atoms with Gasteiger partial charge in [-0.25, -0.2) is 9.78 Å². The van der Waals surface area contributed by atoms with Crippen LogP contribution in [-0.2, 0) is 6.18 Å². The van der Waals surface area contributed by atoms with Gasteiger partial charge in [0.2, 0.25) is 0 Å². The molecule has 0 saturated carbocycles. The zero-order valence-electron chi connectivity index (χ0n) is 17.7. The van der Waals surface area contributed by atoms with E-state index in [0.717, 1.165) is 23.3 Å². The lowest BCUT2D eigenvalue weighted by Crippen LogP contribution is -2.09. The summed E-state index contributed by atoms with van der Waals surface area (Å²) >= 11 is 0. The molecule has 0 saturated heterocycles. The Morgan fingerprint density at radius 2 is 1.82 bits per heavy atom. The summed E-state index contributed by atoms with van der Waals surface area (Å²) in [5.41, 5.74) is 1.68. The molecule has 0 unspecified atom stereocenters. The molecular weight excluding hydrogens is 433 g/mol. The van der Waals surface area contributed by atoms with Gasteiger partial charge in [-0.1, -0.05) is 29.8 Å². The van der Waals surface area contributed by atoms with E-state index in [-0.39, 0.29) is 16.8 Å². The van der Waals surface area contributed by atoms with Gasteiger partial charge < -0.3 is 10.4 Å². The highest BCUT2D eigenvalue weighted by atomic mass is 19.4. The number of aromatic carboxylic acids is 1. The summed E-state index contributed by atoms with van der Waals surface area (Å²) in [6.45, 7) is 3.61. The van der Waals surface area contributed by atoms with Gasteiger partial charge in [-0.15, -0.1) is 0 Å². The first kappa shape index (κ1) is 22.1. The molecule has 2 aromatic carbocycles. The summed E-state index contributed by atoms with van der Waals surface area (Å²) in [6.07, 6.45) is -2.91. The Labute approximate surface area is 187 Å². The molecule has 2 heterocycles. The van der Waals surface area contributed by atoms with E-state index in [4.69, 9.17) is 0 Å². The second kappa shape index (κ2) is 8.42. The fourth-order valence-corrected chi connectivity index (χ4v) is 3.41. The van der Waals surface area contributed by atoms with E-state index >= 15 is 0 Å². The molecule has 168 valence electrons. The molecule has 6 nitrogen and oxygen atoms in total. The monoisotopic (exact) mass is 452 g/mol. The van der Waals surface area contributed by atoms with Crippen LogP contribution in [0, 0.1) is 13.8 Å². The van der Waals surface area contributed by atoms with Crippen molar-refractivity contribution >= 4 is 17.5 Å². The number of hydrogen-bond donors (Lipinski definition) is 2. The number of aromatic nitrogens is 3. The first-order valence-corrected chi connectivity index (χ1v) is 9.94. The first-order chi connectivity index (χ1) is 15.6. The van der Waals surface area contributed by atoms with Crippen LogP contribution in [-0.4, -0.2) is 25.8 Å². The number of anilines is 2. The van der Waals surface area contributed by atoms with Crippen LogP contribution in [0.2, 0.25) is 0 Å². The molecule has 0 aliphatic heterocycles. The molecule has 33 heavy (non-hydrogen) atoms. The summed E-state index contributed by atoms with van der Waals surface area (Å²) < 4.78 is 41.1. The zero-order chi connectivity index (χ0) is 23.8. The number of aryl methyl sites for hydroxylation is 2. The molecule has 9 heteroatoms. The van der Waals surface area contributed by atoms with Crippen LogP contribution >= 0.6 is 0 Å². The second-order valence-electron chi connectivity index (χ2n) is 7.53. The standard InChI is InChI=1S/C24H19F3N4O2/c1-14-8-9-19(18(11-14)23(32)33)29-21-13-20(16-6-3-7-17(12-16)24(25,26)27)30-31(21)22-15(2)5-4-10-28-22/h3-13,29H,1-2H3,(H,32,33). The highest BCUT2D eigenvalue weighted by molar-refractivity contribution is 5.95. The van der Waals surface area contributed by atoms with Crippen molar-refractivity contribution in [2.45, 2.75) is 20.0 Å². The predicted octanol–water partition coefficient (Wildman–Crippen LogP) is 6.01. The van der Waals surface area contributed by atoms with Crippen molar-refractivity contribution in [3.63, 3.8) is 0 Å². The summed E-state index contributed by atoms with van der Waals surface area (Å²) in [5, 5.41) is 17.2. The van der Waals surface area contributed by atoms with Crippen molar-refractivity contribution in [1.82, 2.24) is 14.8 Å². The van der Waals surface area contributed by atoms with Gasteiger partial charge in [0.15, 0.2) is 5.82 Å². The molecule has 0 atom stereocenters. The molecule has 0 radical (unpaired) electrons. The number of alkyl halides is 3. The maximum Gasteiger partial charge on any atom is 0.416 e. The number of carboxylic acids is 1. The van der Waals surface area contributed by atoms with Gasteiger partial charge in [0, 0.05) is 17.8 Å². The molecule has 4 rings (SSSR count). The molecule has 0 aliphatic rings. The summed E-state index contributed by atoms with van der Waals surface area (Å²) in [5.74, 6) is -0.294. The van der Waals surface area contributed by atoms with Gasteiger partial charge in [0.1, 0.15) is 5.82 Å².